The molecule has 0 aromatic heterocycles. The minimum Gasteiger partial charge on any atom is -0.486 e. The Labute approximate surface area is 128 Å². The molecule has 0 unspecified atom stereocenters. The topological polar surface area (TPSA) is 59.9 Å². The van der Waals surface area contributed by atoms with E-state index in [1.807, 2.05) is 37.3 Å². The van der Waals surface area contributed by atoms with Gasteiger partial charge in [-0.15, -0.1) is 0 Å². The van der Waals surface area contributed by atoms with Gasteiger partial charge >= 0.3 is 0 Å². The van der Waals surface area contributed by atoms with E-state index >= 15 is 0 Å². The number of hydrogen-bond donors (Lipinski definition) is 1. The van der Waals surface area contributed by atoms with Crippen molar-refractivity contribution in [1.29, 1.82) is 0 Å². The van der Waals surface area contributed by atoms with Crippen molar-refractivity contribution < 1.29 is 14.3 Å². The highest BCUT2D eigenvalue weighted by molar-refractivity contribution is 6.01. The average Bonchev–Trinajstić information content (AvgIpc) is 2.59. The normalized spacial score (nSPS) is 13.6. The van der Waals surface area contributed by atoms with Crippen LogP contribution in [0.2, 0.25) is 0 Å². The predicted octanol–water partition coefficient (Wildman–Crippen LogP) is 2.61. The molecule has 2 aromatic rings. The van der Waals surface area contributed by atoms with Crippen LogP contribution in [0.25, 0.3) is 0 Å². The number of benzene rings is 2. The maximum absolute atomic E-state index is 12.3. The second kappa shape index (κ2) is 6.30. The summed E-state index contributed by atoms with van der Waals surface area (Å²) in [5.74, 6) is 0.735. The first-order chi connectivity index (χ1) is 10.8. The van der Waals surface area contributed by atoms with Crippen LogP contribution in [0.5, 0.6) is 11.5 Å². The van der Waals surface area contributed by atoms with Gasteiger partial charge in [-0.3, -0.25) is 4.79 Å². The van der Waals surface area contributed by atoms with E-state index in [9.17, 15) is 4.79 Å². The first-order valence-electron chi connectivity index (χ1n) is 7.04. The summed E-state index contributed by atoms with van der Waals surface area (Å²) in [6, 6.07) is 14.9. The zero-order valence-electron chi connectivity index (χ0n) is 12.2. The molecule has 0 atom stereocenters. The quantitative estimate of drug-likeness (QED) is 0.699. The summed E-state index contributed by atoms with van der Waals surface area (Å²) in [5, 5.41) is 4.14. The fraction of sp³-hybridized carbons (Fsp3) is 0.176. The van der Waals surface area contributed by atoms with Crippen LogP contribution >= 0.6 is 0 Å². The third kappa shape index (κ3) is 2.93. The Bertz CT molecular complexity index is 711. The number of carbonyl (C=O) groups excluding carboxylic acids is 1. The molecule has 5 heteroatoms. The van der Waals surface area contributed by atoms with Crippen LogP contribution in [0.15, 0.2) is 53.6 Å². The Hall–Kier alpha value is -2.82. The summed E-state index contributed by atoms with van der Waals surface area (Å²) in [5.41, 5.74) is 4.67. The summed E-state index contributed by atoms with van der Waals surface area (Å²) < 4.78 is 11.0. The fourth-order valence-electron chi connectivity index (χ4n) is 2.19. The Kier molecular flexibility index (Phi) is 4.05. The zero-order valence-corrected chi connectivity index (χ0v) is 12.2. The number of nitrogens with one attached hydrogen (secondary N) is 1. The van der Waals surface area contributed by atoms with Crippen molar-refractivity contribution in [3.63, 3.8) is 0 Å². The number of carbonyl (C=O) groups is 1. The van der Waals surface area contributed by atoms with Crippen molar-refractivity contribution in [2.75, 3.05) is 13.2 Å². The Morgan fingerprint density at radius 1 is 1.05 bits per heavy atom. The highest BCUT2D eigenvalue weighted by Crippen LogP contribution is 2.33. The molecule has 1 amide bonds. The van der Waals surface area contributed by atoms with Gasteiger partial charge in [-0.1, -0.05) is 36.4 Å². The van der Waals surface area contributed by atoms with Crippen molar-refractivity contribution in [3.05, 3.63) is 59.7 Å². The lowest BCUT2D eigenvalue weighted by Gasteiger charge is -2.20. The molecular formula is C17H16N2O3. The van der Waals surface area contributed by atoms with Gasteiger partial charge in [0.1, 0.15) is 13.2 Å². The van der Waals surface area contributed by atoms with E-state index in [2.05, 4.69) is 10.5 Å². The number of para-hydroxylation sites is 1. The second-order valence-corrected chi connectivity index (χ2v) is 4.83. The summed E-state index contributed by atoms with van der Waals surface area (Å²) in [4.78, 5) is 12.3. The molecule has 1 aliphatic heterocycles. The average molecular weight is 296 g/mol. The molecule has 0 radical (unpaired) electrons. The lowest BCUT2D eigenvalue weighted by Crippen LogP contribution is -2.23. The minimum absolute atomic E-state index is 0.322. The summed E-state index contributed by atoms with van der Waals surface area (Å²) >= 11 is 0. The van der Waals surface area contributed by atoms with Crippen molar-refractivity contribution in [3.8, 4) is 11.5 Å². The van der Waals surface area contributed by atoms with E-state index < -0.39 is 0 Å². The third-order valence-corrected chi connectivity index (χ3v) is 3.33. The predicted molar refractivity (Wildman–Crippen MR) is 83.6 cm³/mol. The number of amides is 1. The van der Waals surface area contributed by atoms with Gasteiger partial charge in [-0.25, -0.2) is 5.43 Å². The molecule has 1 heterocycles. The van der Waals surface area contributed by atoms with Crippen LogP contribution in [-0.2, 0) is 0 Å². The van der Waals surface area contributed by atoms with E-state index in [4.69, 9.17) is 9.47 Å². The Morgan fingerprint density at radius 3 is 2.64 bits per heavy atom. The molecule has 22 heavy (non-hydrogen) atoms. The maximum Gasteiger partial charge on any atom is 0.275 e. The van der Waals surface area contributed by atoms with Gasteiger partial charge in [0, 0.05) is 0 Å². The first kappa shape index (κ1) is 14.1. The van der Waals surface area contributed by atoms with Gasteiger partial charge in [-0.05, 0) is 24.6 Å². The van der Waals surface area contributed by atoms with Gasteiger partial charge < -0.3 is 9.47 Å². The van der Waals surface area contributed by atoms with Gasteiger partial charge in [-0.2, -0.15) is 5.10 Å². The standard InChI is InChI=1S/C17H16N2O3/c1-12(13-6-3-2-4-7-13)18-19-17(20)14-8-5-9-15-16(14)22-11-10-21-15/h2-9H,10-11H2,1H3,(H,19,20)/b18-12+. The van der Waals surface area contributed by atoms with Gasteiger partial charge in [0.25, 0.3) is 5.91 Å². The van der Waals surface area contributed by atoms with Gasteiger partial charge in [0.15, 0.2) is 11.5 Å². The first-order valence-corrected chi connectivity index (χ1v) is 7.04. The molecule has 0 saturated heterocycles. The van der Waals surface area contributed by atoms with Crippen molar-refractivity contribution in [1.82, 2.24) is 5.43 Å². The molecule has 5 nitrogen and oxygen atoms in total. The number of hydrogen-bond acceptors (Lipinski definition) is 4. The van der Waals surface area contributed by atoms with Crippen LogP contribution in [0.3, 0.4) is 0 Å². The number of hydrazone groups is 1. The van der Waals surface area contributed by atoms with E-state index in [0.717, 1.165) is 11.3 Å². The number of rotatable bonds is 3. The van der Waals surface area contributed by atoms with E-state index in [-0.39, 0.29) is 5.91 Å². The summed E-state index contributed by atoms with van der Waals surface area (Å²) in [7, 11) is 0. The monoisotopic (exact) mass is 296 g/mol. The molecule has 1 aliphatic rings. The molecule has 0 aliphatic carbocycles. The zero-order chi connectivity index (χ0) is 15.4. The maximum atomic E-state index is 12.3. The second-order valence-electron chi connectivity index (χ2n) is 4.83. The summed E-state index contributed by atoms with van der Waals surface area (Å²) in [6.07, 6.45) is 0. The number of fused-ring (bicyclic) bond motifs is 1. The SMILES string of the molecule is C/C(=N\NC(=O)c1cccc2c1OCCO2)c1ccccc1. The lowest BCUT2D eigenvalue weighted by atomic mass is 10.1. The molecular weight excluding hydrogens is 280 g/mol. The molecule has 1 N–H and O–H groups in total. The molecule has 0 saturated carbocycles. The fourth-order valence-corrected chi connectivity index (χ4v) is 2.19. The van der Waals surface area contributed by atoms with Crippen LogP contribution in [-0.4, -0.2) is 24.8 Å². The lowest BCUT2D eigenvalue weighted by molar-refractivity contribution is 0.0943. The molecule has 0 bridgehead atoms. The van der Waals surface area contributed by atoms with Gasteiger partial charge in [0.2, 0.25) is 0 Å². The van der Waals surface area contributed by atoms with Crippen LogP contribution in [0.1, 0.15) is 22.8 Å². The van der Waals surface area contributed by atoms with Crippen LogP contribution < -0.4 is 14.9 Å². The highest BCUT2D eigenvalue weighted by Gasteiger charge is 2.20. The molecule has 2 aromatic carbocycles. The molecule has 112 valence electrons. The van der Waals surface area contributed by atoms with Crippen molar-refractivity contribution in [2.45, 2.75) is 6.92 Å². The summed E-state index contributed by atoms with van der Waals surface area (Å²) in [6.45, 7) is 2.77. The largest absolute Gasteiger partial charge is 0.486 e. The van der Waals surface area contributed by atoms with E-state index in [1.54, 1.807) is 18.2 Å². The van der Waals surface area contributed by atoms with Crippen LogP contribution in [0.4, 0.5) is 0 Å². The van der Waals surface area contributed by atoms with Crippen LogP contribution in [0, 0.1) is 0 Å². The Morgan fingerprint density at radius 2 is 1.82 bits per heavy atom. The number of nitrogens with zero attached hydrogens (tertiary/aromatic N) is 1. The highest BCUT2D eigenvalue weighted by atomic mass is 16.6. The van der Waals surface area contributed by atoms with Crippen molar-refractivity contribution >= 4 is 11.6 Å². The Balaban J connectivity index is 1.78. The van der Waals surface area contributed by atoms with Crippen molar-refractivity contribution in [2.24, 2.45) is 5.10 Å². The molecule has 3 rings (SSSR count). The minimum atomic E-state index is -0.322. The third-order valence-electron chi connectivity index (χ3n) is 3.33. The molecule has 0 spiro atoms. The number of ether oxygens (including phenoxy) is 2. The molecule has 0 fully saturated rings. The smallest absolute Gasteiger partial charge is 0.275 e. The van der Waals surface area contributed by atoms with E-state index in [0.29, 0.717) is 30.3 Å². The van der Waals surface area contributed by atoms with Gasteiger partial charge in [0.05, 0.1) is 11.3 Å². The van der Waals surface area contributed by atoms with E-state index in [1.165, 1.54) is 0 Å².